The molecule has 0 bridgehead atoms. The Hall–Kier alpha value is -5.51. The molecule has 3 heterocycles. The first-order chi connectivity index (χ1) is 22.2. The number of pyridine rings is 1. The summed E-state index contributed by atoms with van der Waals surface area (Å²) in [4.78, 5) is 4.98. The number of para-hydroxylation sites is 2. The average molecular weight is 593 g/mol. The molecular weight excluding hydrogens is 565 g/mol. The van der Waals surface area contributed by atoms with Gasteiger partial charge in [-0.1, -0.05) is 97.6 Å². The predicted molar refractivity (Wildman–Crippen MR) is 197 cm³/mol. The van der Waals surface area contributed by atoms with Gasteiger partial charge in [0.1, 0.15) is 0 Å². The number of allylic oxidation sites excluding steroid dienone is 1. The molecule has 2 nitrogen and oxygen atoms in total. The van der Waals surface area contributed by atoms with Crippen molar-refractivity contribution in [3.05, 3.63) is 145 Å². The van der Waals surface area contributed by atoms with E-state index in [0.29, 0.717) is 0 Å². The van der Waals surface area contributed by atoms with E-state index in [2.05, 4.69) is 145 Å². The van der Waals surface area contributed by atoms with Crippen molar-refractivity contribution in [2.75, 3.05) is 0 Å². The van der Waals surface area contributed by atoms with Crippen LogP contribution in [0.3, 0.4) is 0 Å². The Morgan fingerprint density at radius 3 is 2.00 bits per heavy atom. The van der Waals surface area contributed by atoms with Crippen molar-refractivity contribution < 1.29 is 0 Å². The summed E-state index contributed by atoms with van der Waals surface area (Å²) < 4.78 is 4.86. The fourth-order valence-electron chi connectivity index (χ4n) is 7.14. The molecule has 0 fully saturated rings. The van der Waals surface area contributed by atoms with Crippen LogP contribution in [0.1, 0.15) is 18.1 Å². The molecule has 0 spiro atoms. The molecule has 9 rings (SSSR count). The van der Waals surface area contributed by atoms with Gasteiger partial charge in [-0.25, -0.2) is 0 Å². The molecule has 0 saturated heterocycles. The summed E-state index contributed by atoms with van der Waals surface area (Å²) >= 11 is 1.80. The molecule has 0 saturated carbocycles. The maximum atomic E-state index is 4.98. The summed E-state index contributed by atoms with van der Waals surface area (Å²) in [5.74, 6) is 0. The number of hydrogen-bond acceptors (Lipinski definition) is 2. The predicted octanol–water partition coefficient (Wildman–Crippen LogP) is 12.2. The third-order valence-electron chi connectivity index (χ3n) is 9.12. The quantitative estimate of drug-likeness (QED) is 0.186. The van der Waals surface area contributed by atoms with Crippen LogP contribution in [0.5, 0.6) is 0 Å². The lowest BCUT2D eigenvalue weighted by Gasteiger charge is -2.14. The number of fused-ring (bicyclic) bond motifs is 9. The van der Waals surface area contributed by atoms with Crippen molar-refractivity contribution in [1.29, 1.82) is 0 Å². The summed E-state index contributed by atoms with van der Waals surface area (Å²) in [6.45, 7) is 6.25. The minimum Gasteiger partial charge on any atom is -0.309 e. The highest BCUT2D eigenvalue weighted by molar-refractivity contribution is 7.25. The van der Waals surface area contributed by atoms with Crippen molar-refractivity contribution in [3.8, 4) is 16.9 Å². The van der Waals surface area contributed by atoms with Crippen LogP contribution >= 0.6 is 11.3 Å². The van der Waals surface area contributed by atoms with Gasteiger partial charge in [0.15, 0.2) is 0 Å². The maximum Gasteiger partial charge on any atom is 0.0709 e. The molecule has 45 heavy (non-hydrogen) atoms. The lowest BCUT2D eigenvalue weighted by Crippen LogP contribution is -1.93. The topological polar surface area (TPSA) is 17.8 Å². The van der Waals surface area contributed by atoms with Crippen LogP contribution in [-0.2, 0) is 0 Å². The zero-order valence-corrected chi connectivity index (χ0v) is 25.6. The summed E-state index contributed by atoms with van der Waals surface area (Å²) in [7, 11) is 0. The smallest absolute Gasteiger partial charge is 0.0709 e. The van der Waals surface area contributed by atoms with E-state index in [4.69, 9.17) is 4.98 Å². The Bertz CT molecular complexity index is 2630. The number of benzene rings is 6. The van der Waals surface area contributed by atoms with E-state index in [1.807, 2.05) is 12.3 Å². The number of rotatable bonds is 4. The monoisotopic (exact) mass is 592 g/mol. The van der Waals surface area contributed by atoms with Gasteiger partial charge < -0.3 is 4.57 Å². The second-order valence-electron chi connectivity index (χ2n) is 11.6. The van der Waals surface area contributed by atoms with E-state index in [1.54, 1.807) is 11.3 Å². The SMILES string of the molecule is C=Cc1c(/C=C\C)c2cc(-c3cc4c(cn3)sc3ccc(-n5c6ccccc6c6ccccc65)cc34)ccc2c2ccccc12. The third-order valence-corrected chi connectivity index (χ3v) is 10.2. The molecule has 0 aliphatic heterocycles. The normalized spacial score (nSPS) is 12.1. The Labute approximate surface area is 264 Å². The van der Waals surface area contributed by atoms with Crippen LogP contribution in [0.25, 0.3) is 92.6 Å². The highest BCUT2D eigenvalue weighted by Crippen LogP contribution is 2.40. The highest BCUT2D eigenvalue weighted by Gasteiger charge is 2.16. The van der Waals surface area contributed by atoms with Crippen LogP contribution in [0.2, 0.25) is 0 Å². The van der Waals surface area contributed by atoms with Crippen molar-refractivity contribution in [2.45, 2.75) is 6.92 Å². The highest BCUT2D eigenvalue weighted by atomic mass is 32.1. The molecule has 0 radical (unpaired) electrons. The maximum absolute atomic E-state index is 4.98. The summed E-state index contributed by atoms with van der Waals surface area (Å²) in [5, 5.41) is 9.97. The standard InChI is InChI=1S/C42H28N2S/c1-3-11-29-28(4-2)30-12-5-6-13-31(30)32-20-18-26(22-35(29)32)38-24-37-36-23-27(19-21-41(36)45-42(37)25-43-38)44-39-16-9-7-14-33(39)34-15-8-10-17-40(34)44/h3-25H,2H2,1H3/b11-3-. The lowest BCUT2D eigenvalue weighted by atomic mass is 9.90. The van der Waals surface area contributed by atoms with Crippen molar-refractivity contribution in [3.63, 3.8) is 0 Å². The van der Waals surface area contributed by atoms with Crippen molar-refractivity contribution in [1.82, 2.24) is 9.55 Å². The molecule has 3 aromatic heterocycles. The fourth-order valence-corrected chi connectivity index (χ4v) is 8.17. The Morgan fingerprint density at radius 1 is 0.600 bits per heavy atom. The Kier molecular flexibility index (Phi) is 5.77. The summed E-state index contributed by atoms with van der Waals surface area (Å²) in [6.07, 6.45) is 8.34. The number of aromatic nitrogens is 2. The molecule has 212 valence electrons. The molecule has 0 amide bonds. The number of nitrogens with zero attached hydrogens (tertiary/aromatic N) is 2. The third kappa shape index (κ3) is 3.84. The van der Waals surface area contributed by atoms with Gasteiger partial charge in [-0.05, 0) is 82.1 Å². The molecule has 6 aromatic carbocycles. The van der Waals surface area contributed by atoms with E-state index in [-0.39, 0.29) is 0 Å². The largest absolute Gasteiger partial charge is 0.309 e. The zero-order valence-electron chi connectivity index (χ0n) is 24.8. The first-order valence-electron chi connectivity index (χ1n) is 15.3. The van der Waals surface area contributed by atoms with E-state index in [1.165, 1.54) is 74.8 Å². The number of thiophene rings is 1. The van der Waals surface area contributed by atoms with Crippen molar-refractivity contribution in [2.24, 2.45) is 0 Å². The van der Waals surface area contributed by atoms with Crippen LogP contribution in [0.4, 0.5) is 0 Å². The Morgan fingerprint density at radius 2 is 1.27 bits per heavy atom. The van der Waals surface area contributed by atoms with Gasteiger partial charge in [0, 0.05) is 43.7 Å². The second kappa shape index (κ2) is 10.0. The Balaban J connectivity index is 1.26. The zero-order chi connectivity index (χ0) is 30.1. The van der Waals surface area contributed by atoms with Gasteiger partial charge in [0.05, 0.1) is 21.4 Å². The second-order valence-corrected chi connectivity index (χ2v) is 12.6. The van der Waals surface area contributed by atoms with E-state index in [9.17, 15) is 0 Å². The van der Waals surface area contributed by atoms with Gasteiger partial charge in [-0.3, -0.25) is 4.98 Å². The summed E-state index contributed by atoms with van der Waals surface area (Å²) in [6, 6.07) is 41.9. The first kappa shape index (κ1) is 25.9. The lowest BCUT2D eigenvalue weighted by molar-refractivity contribution is 1.19. The van der Waals surface area contributed by atoms with E-state index in [0.717, 1.165) is 16.8 Å². The molecule has 0 aliphatic carbocycles. The van der Waals surface area contributed by atoms with Crippen LogP contribution < -0.4 is 0 Å². The van der Waals surface area contributed by atoms with Crippen molar-refractivity contribution >= 4 is 87.0 Å². The van der Waals surface area contributed by atoms with Gasteiger partial charge in [0.2, 0.25) is 0 Å². The molecule has 0 aliphatic rings. The van der Waals surface area contributed by atoms with Gasteiger partial charge in [-0.15, -0.1) is 11.3 Å². The molecule has 0 unspecified atom stereocenters. The van der Waals surface area contributed by atoms with Crippen LogP contribution in [0, 0.1) is 0 Å². The first-order valence-corrected chi connectivity index (χ1v) is 16.1. The minimum atomic E-state index is 0.978. The van der Waals surface area contributed by atoms with Crippen LogP contribution in [-0.4, -0.2) is 9.55 Å². The molecule has 0 N–H and O–H groups in total. The average Bonchev–Trinajstić information content (AvgIpc) is 3.63. The minimum absolute atomic E-state index is 0.978. The van der Waals surface area contributed by atoms with Gasteiger partial charge in [0.25, 0.3) is 0 Å². The van der Waals surface area contributed by atoms with Gasteiger partial charge in [-0.2, -0.15) is 0 Å². The van der Waals surface area contributed by atoms with Crippen LogP contribution in [0.15, 0.2) is 134 Å². The molecule has 3 heteroatoms. The van der Waals surface area contributed by atoms with Gasteiger partial charge >= 0.3 is 0 Å². The van der Waals surface area contributed by atoms with E-state index >= 15 is 0 Å². The molecule has 0 atom stereocenters. The molecule has 9 aromatic rings. The summed E-state index contributed by atoms with van der Waals surface area (Å²) in [5.41, 5.74) is 8.06. The number of hydrogen-bond donors (Lipinski definition) is 0. The fraction of sp³-hybridized carbons (Fsp3) is 0.0238. The molecular formula is C42H28N2S. The van der Waals surface area contributed by atoms with E-state index < -0.39 is 0 Å².